The number of carboxylic acids is 1. The lowest BCUT2D eigenvalue weighted by atomic mass is 9.83. The maximum absolute atomic E-state index is 10.6. The number of ether oxygens (including phenoxy) is 1. The first kappa shape index (κ1) is 18.2. The lowest BCUT2D eigenvalue weighted by Crippen LogP contribution is -2.27. The number of rotatable bonds is 1. The Bertz CT molecular complexity index is 612. The van der Waals surface area contributed by atoms with Crippen LogP contribution in [0.5, 0.6) is 0 Å². The molecule has 4 nitrogen and oxygen atoms in total. The van der Waals surface area contributed by atoms with E-state index >= 15 is 0 Å². The molecule has 1 aliphatic carbocycles. The van der Waals surface area contributed by atoms with Crippen LogP contribution in [-0.4, -0.2) is 36.4 Å². The van der Waals surface area contributed by atoms with Gasteiger partial charge in [-0.1, -0.05) is 31.0 Å². The quantitative estimate of drug-likeness (QED) is 0.807. The average molecular weight is 357 g/mol. The molecule has 1 aromatic carbocycles. The second-order valence-electron chi connectivity index (χ2n) is 6.81. The molecule has 2 N–H and O–H groups in total. The molecule has 2 fully saturated rings. The molecule has 25 heavy (non-hydrogen) atoms. The Morgan fingerprint density at radius 1 is 1.16 bits per heavy atom. The number of carbonyl (C=O) groups is 1. The summed E-state index contributed by atoms with van der Waals surface area (Å²) >= 11 is 0. The molecule has 0 unspecified atom stereocenters. The van der Waals surface area contributed by atoms with E-state index in [0.717, 1.165) is 25.6 Å². The van der Waals surface area contributed by atoms with E-state index in [1.54, 1.807) is 11.1 Å². The number of alkyl halides is 3. The molecule has 4 rings (SSSR count). The minimum Gasteiger partial charge on any atom is -0.475 e. The van der Waals surface area contributed by atoms with Gasteiger partial charge in [0.25, 0.3) is 0 Å². The molecule has 138 valence electrons. The standard InChI is InChI=1S/C16H21NO.C2HF3O2/c1-2-5-11(4-1)12-6-3-7-13-14-8-17-9-16(14)18-10-15(12)13;3-2(4,5)1(6)7/h3,6-7,11,14,16-17H,1-2,4-5,8-10H2;(H,6,7)/t14-,16+;/m0./s1. The van der Waals surface area contributed by atoms with Gasteiger partial charge in [-0.25, -0.2) is 4.79 Å². The summed E-state index contributed by atoms with van der Waals surface area (Å²) in [4.78, 5) is 8.90. The normalized spacial score (nSPS) is 25.7. The lowest BCUT2D eigenvalue weighted by Gasteiger charge is -2.30. The van der Waals surface area contributed by atoms with E-state index in [2.05, 4.69) is 23.5 Å². The van der Waals surface area contributed by atoms with Gasteiger partial charge in [0.2, 0.25) is 0 Å². The Morgan fingerprint density at radius 3 is 2.44 bits per heavy atom. The molecular weight excluding hydrogens is 335 g/mol. The molecule has 0 aromatic heterocycles. The topological polar surface area (TPSA) is 58.6 Å². The number of carboxylic acid groups (broad SMARTS) is 1. The highest BCUT2D eigenvalue weighted by molar-refractivity contribution is 5.73. The van der Waals surface area contributed by atoms with Crippen LogP contribution in [0.15, 0.2) is 18.2 Å². The minimum absolute atomic E-state index is 0.413. The Morgan fingerprint density at radius 2 is 1.80 bits per heavy atom. The third-order valence-electron chi connectivity index (χ3n) is 5.29. The van der Waals surface area contributed by atoms with Gasteiger partial charge in [0.1, 0.15) is 0 Å². The first-order chi connectivity index (χ1) is 11.9. The van der Waals surface area contributed by atoms with Crippen LogP contribution in [0.25, 0.3) is 0 Å². The van der Waals surface area contributed by atoms with Crippen LogP contribution in [0.1, 0.15) is 54.2 Å². The molecule has 7 heteroatoms. The molecule has 1 saturated heterocycles. The molecule has 2 atom stereocenters. The maximum Gasteiger partial charge on any atom is 0.490 e. The van der Waals surface area contributed by atoms with E-state index in [0.29, 0.717) is 12.0 Å². The zero-order valence-corrected chi connectivity index (χ0v) is 13.8. The molecule has 1 saturated carbocycles. The van der Waals surface area contributed by atoms with Crippen molar-refractivity contribution in [3.05, 3.63) is 34.9 Å². The largest absolute Gasteiger partial charge is 0.490 e. The summed E-state index contributed by atoms with van der Waals surface area (Å²) < 4.78 is 37.8. The monoisotopic (exact) mass is 357 g/mol. The SMILES string of the molecule is O=C(O)C(F)(F)F.c1cc(C2CCCC2)c2c(c1)[C@@H]1CNC[C@H]1OC2. The predicted octanol–water partition coefficient (Wildman–Crippen LogP) is 3.56. The van der Waals surface area contributed by atoms with E-state index in [1.807, 2.05) is 0 Å². The molecule has 1 aromatic rings. The van der Waals surface area contributed by atoms with Crippen LogP contribution >= 0.6 is 0 Å². The van der Waals surface area contributed by atoms with Gasteiger partial charge in [0.05, 0.1) is 12.7 Å². The number of nitrogens with one attached hydrogen (secondary N) is 1. The Hall–Kier alpha value is -1.60. The fourth-order valence-corrected chi connectivity index (χ4v) is 4.09. The summed E-state index contributed by atoms with van der Waals surface area (Å²) in [5.41, 5.74) is 4.69. The van der Waals surface area contributed by atoms with E-state index in [4.69, 9.17) is 14.6 Å². The minimum atomic E-state index is -5.08. The zero-order valence-electron chi connectivity index (χ0n) is 13.8. The Labute approximate surface area is 144 Å². The van der Waals surface area contributed by atoms with Crippen molar-refractivity contribution in [3.8, 4) is 0 Å². The number of fused-ring (bicyclic) bond motifs is 3. The summed E-state index contributed by atoms with van der Waals surface area (Å²) in [6.07, 6.45) is 0.897. The summed E-state index contributed by atoms with van der Waals surface area (Å²) in [6, 6.07) is 6.95. The van der Waals surface area contributed by atoms with Gasteiger partial charge in [-0.05, 0) is 35.4 Å². The van der Waals surface area contributed by atoms with Crippen molar-refractivity contribution in [3.63, 3.8) is 0 Å². The summed E-state index contributed by atoms with van der Waals surface area (Å²) in [7, 11) is 0. The number of aliphatic carboxylic acids is 1. The van der Waals surface area contributed by atoms with E-state index < -0.39 is 12.1 Å². The van der Waals surface area contributed by atoms with Crippen molar-refractivity contribution in [2.24, 2.45) is 0 Å². The fraction of sp³-hybridized carbons (Fsp3) is 0.611. The predicted molar refractivity (Wildman–Crippen MR) is 85.5 cm³/mol. The van der Waals surface area contributed by atoms with Gasteiger partial charge >= 0.3 is 12.1 Å². The van der Waals surface area contributed by atoms with Crippen molar-refractivity contribution in [2.45, 2.75) is 56.4 Å². The number of benzene rings is 1. The second kappa shape index (κ2) is 7.33. The average Bonchev–Trinajstić information content (AvgIpc) is 3.25. The highest BCUT2D eigenvalue weighted by Gasteiger charge is 2.38. The molecule has 0 bridgehead atoms. The molecular formula is C18H22F3NO3. The summed E-state index contributed by atoms with van der Waals surface area (Å²) in [5.74, 6) is -1.36. The van der Waals surface area contributed by atoms with Gasteiger partial charge in [0, 0.05) is 19.0 Å². The smallest absolute Gasteiger partial charge is 0.475 e. The molecule has 2 aliphatic heterocycles. The van der Waals surface area contributed by atoms with Crippen molar-refractivity contribution < 1.29 is 27.8 Å². The first-order valence-corrected chi connectivity index (χ1v) is 8.62. The van der Waals surface area contributed by atoms with Gasteiger partial charge in [-0.15, -0.1) is 0 Å². The number of hydrogen-bond acceptors (Lipinski definition) is 3. The van der Waals surface area contributed by atoms with Crippen LogP contribution in [-0.2, 0) is 16.1 Å². The van der Waals surface area contributed by atoms with Crippen molar-refractivity contribution in [2.75, 3.05) is 13.1 Å². The van der Waals surface area contributed by atoms with Crippen LogP contribution in [0.2, 0.25) is 0 Å². The van der Waals surface area contributed by atoms with Crippen LogP contribution < -0.4 is 5.32 Å². The molecule has 0 radical (unpaired) electrons. The number of hydrogen-bond donors (Lipinski definition) is 2. The zero-order chi connectivity index (χ0) is 18.0. The maximum atomic E-state index is 10.6. The highest BCUT2D eigenvalue weighted by Crippen LogP contribution is 2.41. The lowest BCUT2D eigenvalue weighted by molar-refractivity contribution is -0.192. The summed E-state index contributed by atoms with van der Waals surface area (Å²) in [6.45, 7) is 2.95. The highest BCUT2D eigenvalue weighted by atomic mass is 19.4. The van der Waals surface area contributed by atoms with Crippen LogP contribution in [0, 0.1) is 0 Å². The van der Waals surface area contributed by atoms with Crippen molar-refractivity contribution in [1.29, 1.82) is 0 Å². The van der Waals surface area contributed by atoms with E-state index in [1.165, 1.54) is 31.2 Å². The second-order valence-corrected chi connectivity index (χ2v) is 6.81. The van der Waals surface area contributed by atoms with Gasteiger partial charge in [-0.2, -0.15) is 13.2 Å². The Kier molecular flexibility index (Phi) is 5.34. The first-order valence-electron chi connectivity index (χ1n) is 8.62. The van der Waals surface area contributed by atoms with Crippen LogP contribution in [0.3, 0.4) is 0 Å². The third-order valence-corrected chi connectivity index (χ3v) is 5.29. The van der Waals surface area contributed by atoms with E-state index in [9.17, 15) is 13.2 Å². The van der Waals surface area contributed by atoms with Crippen molar-refractivity contribution >= 4 is 5.97 Å². The summed E-state index contributed by atoms with van der Waals surface area (Å²) in [5, 5.41) is 10.6. The fourth-order valence-electron chi connectivity index (χ4n) is 4.09. The van der Waals surface area contributed by atoms with E-state index in [-0.39, 0.29) is 0 Å². The molecule has 2 heterocycles. The van der Waals surface area contributed by atoms with Gasteiger partial charge in [0.15, 0.2) is 0 Å². The Balaban J connectivity index is 0.000000225. The molecule has 3 aliphatic rings. The van der Waals surface area contributed by atoms with Crippen LogP contribution in [0.4, 0.5) is 13.2 Å². The molecule has 0 amide bonds. The molecule has 0 spiro atoms. The van der Waals surface area contributed by atoms with Gasteiger partial charge < -0.3 is 15.2 Å². The van der Waals surface area contributed by atoms with Crippen molar-refractivity contribution in [1.82, 2.24) is 5.32 Å². The third kappa shape index (κ3) is 3.98. The number of halogens is 3. The van der Waals surface area contributed by atoms with Gasteiger partial charge in [-0.3, -0.25) is 0 Å².